The van der Waals surface area contributed by atoms with Crippen LogP contribution in [0.2, 0.25) is 0 Å². The van der Waals surface area contributed by atoms with Gasteiger partial charge in [-0.05, 0) is 60.4 Å². The molecule has 2 N–H and O–H groups in total. The summed E-state index contributed by atoms with van der Waals surface area (Å²) in [4.78, 5) is 25.1. The summed E-state index contributed by atoms with van der Waals surface area (Å²) in [7, 11) is 0. The highest BCUT2D eigenvalue weighted by Crippen LogP contribution is 2.12. The largest absolute Gasteiger partial charge is 0.478 e. The molecule has 0 radical (unpaired) electrons. The molecule has 1 aromatic carbocycles. The normalized spacial score (nSPS) is 11.8. The van der Waals surface area contributed by atoms with E-state index in [1.807, 2.05) is 24.1 Å². The van der Waals surface area contributed by atoms with Crippen LogP contribution >= 0.6 is 11.3 Å². The van der Waals surface area contributed by atoms with Crippen LogP contribution in [0.25, 0.3) is 0 Å². The van der Waals surface area contributed by atoms with E-state index in [9.17, 15) is 9.59 Å². The van der Waals surface area contributed by atoms with Gasteiger partial charge < -0.3 is 15.3 Å². The maximum atomic E-state index is 12.4. The summed E-state index contributed by atoms with van der Waals surface area (Å²) in [6.07, 6.45) is 0.831. The predicted molar refractivity (Wildman–Crippen MR) is 95.5 cm³/mol. The number of thiophene rings is 1. The van der Waals surface area contributed by atoms with Crippen molar-refractivity contribution in [1.29, 1.82) is 0 Å². The molecular formula is C18H22N2O3S. The maximum Gasteiger partial charge on any atom is 0.335 e. The third kappa shape index (κ3) is 4.83. The topological polar surface area (TPSA) is 69.6 Å². The number of hydrogen-bond donors (Lipinski definition) is 2. The van der Waals surface area contributed by atoms with Crippen LogP contribution in [0.4, 0.5) is 4.79 Å². The summed E-state index contributed by atoms with van der Waals surface area (Å²) >= 11 is 1.66. The Hall–Kier alpha value is -2.34. The van der Waals surface area contributed by atoms with Crippen molar-refractivity contribution in [1.82, 2.24) is 10.2 Å². The Balaban J connectivity index is 1.90. The van der Waals surface area contributed by atoms with E-state index in [0.29, 0.717) is 13.1 Å². The van der Waals surface area contributed by atoms with Crippen molar-refractivity contribution >= 4 is 23.3 Å². The fourth-order valence-corrected chi connectivity index (χ4v) is 3.24. The molecule has 2 aromatic rings. The first kappa shape index (κ1) is 18.0. The highest BCUT2D eigenvalue weighted by Gasteiger charge is 2.18. The minimum Gasteiger partial charge on any atom is -0.478 e. The molecule has 1 heterocycles. The number of benzene rings is 1. The molecule has 5 nitrogen and oxygen atoms in total. The van der Waals surface area contributed by atoms with Crippen molar-refractivity contribution in [3.63, 3.8) is 0 Å². The number of hydrogen-bond acceptors (Lipinski definition) is 3. The maximum absolute atomic E-state index is 12.4. The first-order valence-electron chi connectivity index (χ1n) is 7.89. The van der Waals surface area contributed by atoms with Crippen LogP contribution in [-0.2, 0) is 13.0 Å². The minimum atomic E-state index is -0.954. The molecular weight excluding hydrogens is 324 g/mol. The summed E-state index contributed by atoms with van der Waals surface area (Å²) < 4.78 is 0. The Morgan fingerprint density at radius 3 is 2.46 bits per heavy atom. The van der Waals surface area contributed by atoms with Crippen molar-refractivity contribution in [3.05, 3.63) is 57.8 Å². The van der Waals surface area contributed by atoms with E-state index in [1.165, 1.54) is 5.56 Å². The zero-order chi connectivity index (χ0) is 17.5. The molecule has 0 aliphatic carbocycles. The number of aromatic carboxylic acids is 1. The van der Waals surface area contributed by atoms with Crippen LogP contribution in [-0.4, -0.2) is 34.6 Å². The monoisotopic (exact) mass is 346 g/mol. The van der Waals surface area contributed by atoms with E-state index >= 15 is 0 Å². The van der Waals surface area contributed by atoms with E-state index in [1.54, 1.807) is 35.6 Å². The smallest absolute Gasteiger partial charge is 0.335 e. The molecule has 0 saturated carbocycles. The molecule has 0 aliphatic heterocycles. The Morgan fingerprint density at radius 2 is 1.92 bits per heavy atom. The highest BCUT2D eigenvalue weighted by molar-refractivity contribution is 7.07. The van der Waals surface area contributed by atoms with Gasteiger partial charge in [-0.2, -0.15) is 11.3 Å². The van der Waals surface area contributed by atoms with E-state index in [-0.39, 0.29) is 17.6 Å². The zero-order valence-electron chi connectivity index (χ0n) is 13.9. The fourth-order valence-electron chi connectivity index (χ4n) is 2.56. The number of carboxylic acids is 1. The first-order valence-corrected chi connectivity index (χ1v) is 8.83. The fraction of sp³-hybridized carbons (Fsp3) is 0.333. The molecule has 6 heteroatoms. The quantitative estimate of drug-likeness (QED) is 0.804. The van der Waals surface area contributed by atoms with Crippen molar-refractivity contribution in [3.8, 4) is 0 Å². The second-order valence-electron chi connectivity index (χ2n) is 5.63. The number of carbonyl (C=O) groups is 2. The second kappa shape index (κ2) is 8.49. The molecule has 0 spiro atoms. The minimum absolute atomic E-state index is 0.109. The van der Waals surface area contributed by atoms with E-state index in [4.69, 9.17) is 5.11 Å². The van der Waals surface area contributed by atoms with Gasteiger partial charge >= 0.3 is 12.0 Å². The lowest BCUT2D eigenvalue weighted by molar-refractivity contribution is 0.0697. The van der Waals surface area contributed by atoms with Crippen LogP contribution in [0.3, 0.4) is 0 Å². The highest BCUT2D eigenvalue weighted by atomic mass is 32.1. The summed E-state index contributed by atoms with van der Waals surface area (Å²) in [5.74, 6) is -0.954. The third-order valence-electron chi connectivity index (χ3n) is 3.89. The summed E-state index contributed by atoms with van der Waals surface area (Å²) in [5.41, 5.74) is 2.35. The number of urea groups is 1. The predicted octanol–water partition coefficient (Wildman–Crippen LogP) is 3.61. The average molecular weight is 346 g/mol. The SMILES string of the molecule is CCN(C(=O)NCc1ccc(C(=O)O)cc1)C(C)Cc1ccsc1. The van der Waals surface area contributed by atoms with Crippen molar-refractivity contribution in [2.75, 3.05) is 6.54 Å². The van der Waals surface area contributed by atoms with Gasteiger partial charge in [0, 0.05) is 19.1 Å². The average Bonchev–Trinajstić information content (AvgIpc) is 3.07. The van der Waals surface area contributed by atoms with Crippen LogP contribution < -0.4 is 5.32 Å². The number of amides is 2. The van der Waals surface area contributed by atoms with Gasteiger partial charge in [0.05, 0.1) is 5.56 Å². The van der Waals surface area contributed by atoms with Crippen molar-refractivity contribution < 1.29 is 14.7 Å². The van der Waals surface area contributed by atoms with Gasteiger partial charge in [-0.25, -0.2) is 9.59 Å². The molecule has 0 aliphatic rings. The van der Waals surface area contributed by atoms with Crippen molar-refractivity contribution in [2.45, 2.75) is 32.9 Å². The number of carbonyl (C=O) groups excluding carboxylic acids is 1. The lowest BCUT2D eigenvalue weighted by Gasteiger charge is -2.28. The van der Waals surface area contributed by atoms with Gasteiger partial charge in [-0.1, -0.05) is 12.1 Å². The van der Waals surface area contributed by atoms with Gasteiger partial charge in [-0.3, -0.25) is 0 Å². The Labute approximate surface area is 145 Å². The lowest BCUT2D eigenvalue weighted by atomic mass is 10.1. The lowest BCUT2D eigenvalue weighted by Crippen LogP contribution is -2.45. The Morgan fingerprint density at radius 1 is 1.21 bits per heavy atom. The standard InChI is InChI=1S/C18H22N2O3S/c1-3-20(13(2)10-15-8-9-24-12-15)18(23)19-11-14-4-6-16(7-5-14)17(21)22/h4-9,12-13H,3,10-11H2,1-2H3,(H,19,23)(H,21,22). The van der Waals surface area contributed by atoms with Crippen LogP contribution in [0, 0.1) is 0 Å². The molecule has 1 unspecified atom stereocenters. The second-order valence-corrected chi connectivity index (χ2v) is 6.41. The molecule has 24 heavy (non-hydrogen) atoms. The molecule has 0 fully saturated rings. The first-order chi connectivity index (χ1) is 11.5. The van der Waals surface area contributed by atoms with E-state index < -0.39 is 5.97 Å². The van der Waals surface area contributed by atoms with Gasteiger partial charge in [0.25, 0.3) is 0 Å². The third-order valence-corrected chi connectivity index (χ3v) is 4.62. The van der Waals surface area contributed by atoms with E-state index in [0.717, 1.165) is 12.0 Å². The summed E-state index contributed by atoms with van der Waals surface area (Å²) in [6.45, 7) is 5.02. The molecule has 1 atom stereocenters. The van der Waals surface area contributed by atoms with Crippen LogP contribution in [0.15, 0.2) is 41.1 Å². The Bertz CT molecular complexity index is 668. The molecule has 0 saturated heterocycles. The number of carboxylic acid groups (broad SMARTS) is 1. The van der Waals surface area contributed by atoms with E-state index in [2.05, 4.69) is 16.8 Å². The van der Waals surface area contributed by atoms with Gasteiger partial charge in [0.15, 0.2) is 0 Å². The van der Waals surface area contributed by atoms with Gasteiger partial charge in [0.2, 0.25) is 0 Å². The molecule has 2 rings (SSSR count). The summed E-state index contributed by atoms with van der Waals surface area (Å²) in [5, 5.41) is 15.9. The number of rotatable bonds is 7. The molecule has 0 bridgehead atoms. The Kier molecular flexibility index (Phi) is 6.37. The van der Waals surface area contributed by atoms with Crippen molar-refractivity contribution in [2.24, 2.45) is 0 Å². The number of nitrogens with one attached hydrogen (secondary N) is 1. The molecule has 1 aromatic heterocycles. The number of nitrogens with zero attached hydrogens (tertiary/aromatic N) is 1. The summed E-state index contributed by atoms with van der Waals surface area (Å²) in [6, 6.07) is 8.60. The molecule has 128 valence electrons. The van der Waals surface area contributed by atoms with Crippen LogP contribution in [0.5, 0.6) is 0 Å². The molecule has 2 amide bonds. The number of likely N-dealkylation sites (N-methyl/N-ethyl adjacent to an activating group) is 1. The van der Waals surface area contributed by atoms with Gasteiger partial charge in [-0.15, -0.1) is 0 Å². The van der Waals surface area contributed by atoms with Gasteiger partial charge in [0.1, 0.15) is 0 Å². The van der Waals surface area contributed by atoms with Crippen LogP contribution in [0.1, 0.15) is 35.3 Å². The zero-order valence-corrected chi connectivity index (χ0v) is 14.7.